The van der Waals surface area contributed by atoms with E-state index in [4.69, 9.17) is 0 Å². The van der Waals surface area contributed by atoms with Crippen LogP contribution in [0, 0.1) is 0 Å². The Bertz CT molecular complexity index is 312. The molecule has 0 spiro atoms. The largest absolute Gasteiger partial charge is 0.437 e. The van der Waals surface area contributed by atoms with Crippen molar-refractivity contribution < 1.29 is 13.0 Å². The molecular formula is C7H13NO3PS+. The number of allylic oxidation sites excluding steroid dienone is 1. The highest BCUT2D eigenvalue weighted by Gasteiger charge is 2.36. The van der Waals surface area contributed by atoms with Gasteiger partial charge in [-0.15, -0.1) is 0 Å². The number of hydrogen-bond donors (Lipinski definition) is 1. The lowest BCUT2D eigenvalue weighted by atomic mass is 10.3. The Morgan fingerprint density at radius 1 is 1.62 bits per heavy atom. The minimum Gasteiger partial charge on any atom is -0.227 e. The molecule has 0 aromatic rings. The van der Waals surface area contributed by atoms with Gasteiger partial charge >= 0.3 is 7.95 Å². The Labute approximate surface area is 79.2 Å². The molecule has 0 aliphatic carbocycles. The summed E-state index contributed by atoms with van der Waals surface area (Å²) < 4.78 is 33.8. The zero-order valence-corrected chi connectivity index (χ0v) is 8.98. The second-order valence-electron chi connectivity index (χ2n) is 2.98. The van der Waals surface area contributed by atoms with E-state index in [-0.39, 0.29) is 5.75 Å². The van der Waals surface area contributed by atoms with Gasteiger partial charge in [0.15, 0.2) is 21.4 Å². The Morgan fingerprint density at radius 3 is 2.77 bits per heavy atom. The van der Waals surface area contributed by atoms with Crippen LogP contribution >= 0.6 is 7.95 Å². The van der Waals surface area contributed by atoms with Crippen LogP contribution in [0.1, 0.15) is 12.8 Å². The predicted molar refractivity (Wildman–Crippen MR) is 52.6 cm³/mol. The monoisotopic (exact) mass is 222 g/mol. The highest BCUT2D eigenvalue weighted by Crippen LogP contribution is 2.24. The van der Waals surface area contributed by atoms with Gasteiger partial charge in [0.25, 0.3) is 0 Å². The molecule has 1 heterocycles. The Kier molecular flexibility index (Phi) is 3.59. The van der Waals surface area contributed by atoms with Crippen LogP contribution in [0.25, 0.3) is 0 Å². The fourth-order valence-corrected chi connectivity index (χ4v) is 4.43. The molecule has 0 aromatic carbocycles. The van der Waals surface area contributed by atoms with E-state index in [9.17, 15) is 13.0 Å². The highest BCUT2D eigenvalue weighted by molar-refractivity contribution is 7.92. The van der Waals surface area contributed by atoms with Gasteiger partial charge in [-0.3, -0.25) is 0 Å². The Morgan fingerprint density at radius 2 is 2.31 bits per heavy atom. The van der Waals surface area contributed by atoms with Crippen LogP contribution in [-0.2, 0) is 14.4 Å². The van der Waals surface area contributed by atoms with E-state index in [1.807, 2.05) is 0 Å². The summed E-state index contributed by atoms with van der Waals surface area (Å²) >= 11 is 0. The third-order valence-corrected chi connectivity index (χ3v) is 5.35. The summed E-state index contributed by atoms with van der Waals surface area (Å²) in [5.41, 5.74) is 0. The lowest BCUT2D eigenvalue weighted by Gasteiger charge is -2.01. The smallest absolute Gasteiger partial charge is 0.227 e. The summed E-state index contributed by atoms with van der Waals surface area (Å²) in [7, 11) is -4.68. The van der Waals surface area contributed by atoms with Gasteiger partial charge in [0, 0.05) is 0 Å². The van der Waals surface area contributed by atoms with Crippen LogP contribution in [0.5, 0.6) is 0 Å². The molecule has 13 heavy (non-hydrogen) atoms. The van der Waals surface area contributed by atoms with Crippen LogP contribution in [0.15, 0.2) is 12.7 Å². The molecule has 2 atom stereocenters. The lowest BCUT2D eigenvalue weighted by Crippen LogP contribution is -2.28. The zero-order chi connectivity index (χ0) is 9.90. The first-order chi connectivity index (χ1) is 6.06. The van der Waals surface area contributed by atoms with E-state index < -0.39 is 23.2 Å². The van der Waals surface area contributed by atoms with Crippen molar-refractivity contribution in [3.63, 3.8) is 0 Å². The van der Waals surface area contributed by atoms with Gasteiger partial charge in [0.2, 0.25) is 0 Å². The molecule has 4 nitrogen and oxygen atoms in total. The lowest BCUT2D eigenvalue weighted by molar-refractivity contribution is 0.564. The molecule has 6 heteroatoms. The molecule has 1 aliphatic heterocycles. The van der Waals surface area contributed by atoms with E-state index in [0.29, 0.717) is 19.0 Å². The van der Waals surface area contributed by atoms with Crippen molar-refractivity contribution in [2.24, 2.45) is 0 Å². The van der Waals surface area contributed by atoms with Gasteiger partial charge in [-0.25, -0.2) is 8.42 Å². The molecule has 74 valence electrons. The van der Waals surface area contributed by atoms with Gasteiger partial charge in [0.1, 0.15) is 0 Å². The van der Waals surface area contributed by atoms with Crippen LogP contribution in [-0.4, -0.2) is 25.7 Å². The summed E-state index contributed by atoms with van der Waals surface area (Å²) in [4.78, 5) is 0. The van der Waals surface area contributed by atoms with Gasteiger partial charge in [-0.05, 0) is 23.5 Å². The molecule has 0 amide bonds. The Hall–Kier alpha value is -0.250. The average Bonchev–Trinajstić information content (AvgIpc) is 2.31. The molecule has 1 N–H and O–H groups in total. The molecule has 0 saturated carbocycles. The highest BCUT2D eigenvalue weighted by atomic mass is 32.2. The van der Waals surface area contributed by atoms with Crippen LogP contribution < -0.4 is 5.09 Å². The van der Waals surface area contributed by atoms with Gasteiger partial charge in [0.05, 0.1) is 5.75 Å². The Balaban J connectivity index is 2.54. The summed E-state index contributed by atoms with van der Waals surface area (Å²) in [6, 6.07) is 0. The number of hydrogen-bond acceptors (Lipinski definition) is 3. The van der Waals surface area contributed by atoms with Crippen molar-refractivity contribution in [2.45, 2.75) is 18.2 Å². The summed E-state index contributed by atoms with van der Waals surface area (Å²) in [6.07, 6.45) is 3.08. The van der Waals surface area contributed by atoms with Crippen molar-refractivity contribution in [1.29, 1.82) is 0 Å². The summed E-state index contributed by atoms with van der Waals surface area (Å²) in [5, 5.41) is 2.02. The van der Waals surface area contributed by atoms with E-state index in [2.05, 4.69) is 11.7 Å². The van der Waals surface area contributed by atoms with Crippen molar-refractivity contribution in [1.82, 2.24) is 5.09 Å². The third-order valence-electron chi connectivity index (χ3n) is 1.91. The fraction of sp³-hybridized carbons (Fsp3) is 0.714. The molecule has 1 aliphatic rings. The quantitative estimate of drug-likeness (QED) is 0.570. The van der Waals surface area contributed by atoms with Gasteiger partial charge < -0.3 is 0 Å². The molecule has 2 unspecified atom stereocenters. The van der Waals surface area contributed by atoms with Crippen LogP contribution in [0.4, 0.5) is 0 Å². The molecular weight excluding hydrogens is 209 g/mol. The predicted octanol–water partition coefficient (Wildman–Crippen LogP) is 1.04. The summed E-state index contributed by atoms with van der Waals surface area (Å²) in [5.74, 6) is 0.210. The standard InChI is InChI=1S/C7H13NO3PS/c1-2-5-12(9)8-7-4-3-6-13(7,10)11/h2,7H,1,3-6H2,(H,8,9)/q+1. The second-order valence-corrected chi connectivity index (χ2v) is 6.66. The van der Waals surface area contributed by atoms with Crippen LogP contribution in [0.2, 0.25) is 0 Å². The van der Waals surface area contributed by atoms with E-state index in [1.165, 1.54) is 6.08 Å². The third kappa shape index (κ3) is 2.86. The van der Waals surface area contributed by atoms with E-state index >= 15 is 0 Å². The molecule has 0 radical (unpaired) electrons. The van der Waals surface area contributed by atoms with Crippen molar-refractivity contribution >= 4 is 17.8 Å². The number of rotatable bonds is 4. The SMILES string of the molecule is C=CC[P+](=O)NC1CCCS1(=O)=O. The zero-order valence-electron chi connectivity index (χ0n) is 7.27. The fourth-order valence-electron chi connectivity index (χ4n) is 1.27. The van der Waals surface area contributed by atoms with Gasteiger partial charge in [-0.2, -0.15) is 0 Å². The number of sulfone groups is 1. The van der Waals surface area contributed by atoms with Gasteiger partial charge in [-0.1, -0.05) is 11.7 Å². The topological polar surface area (TPSA) is 63.2 Å². The minimum atomic E-state index is -3.03. The number of nitrogens with one attached hydrogen (secondary N) is 1. The van der Waals surface area contributed by atoms with Crippen molar-refractivity contribution in [2.75, 3.05) is 11.9 Å². The van der Waals surface area contributed by atoms with E-state index in [0.717, 1.165) is 0 Å². The second kappa shape index (κ2) is 4.31. The maximum absolute atomic E-state index is 11.3. The first kappa shape index (κ1) is 10.8. The van der Waals surface area contributed by atoms with Crippen molar-refractivity contribution in [3.05, 3.63) is 12.7 Å². The molecule has 1 saturated heterocycles. The van der Waals surface area contributed by atoms with Crippen LogP contribution in [0.3, 0.4) is 0 Å². The maximum atomic E-state index is 11.3. The minimum absolute atomic E-state index is 0.210. The normalized spacial score (nSPS) is 27.1. The molecule has 1 rings (SSSR count). The molecule has 0 bridgehead atoms. The molecule has 0 aromatic heterocycles. The van der Waals surface area contributed by atoms with Crippen molar-refractivity contribution in [3.8, 4) is 0 Å². The van der Waals surface area contributed by atoms with E-state index in [1.54, 1.807) is 0 Å². The average molecular weight is 222 g/mol. The first-order valence-corrected chi connectivity index (χ1v) is 7.25. The summed E-state index contributed by atoms with van der Waals surface area (Å²) in [6.45, 7) is 3.44. The first-order valence-electron chi connectivity index (χ1n) is 4.09. The maximum Gasteiger partial charge on any atom is 0.437 e. The molecule has 1 fully saturated rings.